The number of nitrogens with one attached hydrogen (secondary N) is 1. The minimum atomic E-state index is 0.0429. The molecule has 0 aliphatic carbocycles. The molecule has 1 aliphatic rings. The van der Waals surface area contributed by atoms with Crippen LogP contribution in [-0.4, -0.2) is 40.6 Å². The monoisotopic (exact) mass is 345 g/mol. The number of amides is 1. The molecule has 3 rings (SSSR count). The van der Waals surface area contributed by atoms with E-state index < -0.39 is 0 Å². The molecule has 1 aliphatic heterocycles. The molecule has 0 bridgehead atoms. The second kappa shape index (κ2) is 7.77. The highest BCUT2D eigenvalue weighted by Gasteiger charge is 2.24. The van der Waals surface area contributed by atoms with Crippen LogP contribution >= 0.6 is 11.3 Å². The Hall–Kier alpha value is -1.92. The van der Waals surface area contributed by atoms with Gasteiger partial charge in [-0.05, 0) is 43.9 Å². The number of aryl methyl sites for hydroxylation is 1. The van der Waals surface area contributed by atoms with Gasteiger partial charge in [0.2, 0.25) is 0 Å². The summed E-state index contributed by atoms with van der Waals surface area (Å²) in [4.78, 5) is 19.0. The minimum Gasteiger partial charge on any atom is -0.396 e. The summed E-state index contributed by atoms with van der Waals surface area (Å²) in [5, 5.41) is 15.8. The van der Waals surface area contributed by atoms with Crippen molar-refractivity contribution in [3.63, 3.8) is 0 Å². The smallest absolute Gasteiger partial charge is 0.253 e. The fraction of sp³-hybridized carbons (Fsp3) is 0.444. The largest absolute Gasteiger partial charge is 0.396 e. The summed E-state index contributed by atoms with van der Waals surface area (Å²) < 4.78 is 0. The summed E-state index contributed by atoms with van der Waals surface area (Å²) in [6.07, 6.45) is 1.95. The van der Waals surface area contributed by atoms with Gasteiger partial charge in [0, 0.05) is 36.3 Å². The Kier molecular flexibility index (Phi) is 5.48. The second-order valence-corrected chi connectivity index (χ2v) is 7.30. The first-order valence-electron chi connectivity index (χ1n) is 8.31. The van der Waals surface area contributed by atoms with Crippen LogP contribution in [0.5, 0.6) is 0 Å². The quantitative estimate of drug-likeness (QED) is 0.874. The number of nitrogens with zero attached hydrogens (tertiary/aromatic N) is 2. The van der Waals surface area contributed by atoms with Gasteiger partial charge in [0.05, 0.1) is 17.2 Å². The third kappa shape index (κ3) is 4.13. The second-order valence-electron chi connectivity index (χ2n) is 6.23. The lowest BCUT2D eigenvalue weighted by molar-refractivity contribution is 0.0621. The number of hydrogen-bond acceptors (Lipinski definition) is 5. The highest BCUT2D eigenvalue weighted by Crippen LogP contribution is 2.20. The molecule has 2 heterocycles. The maximum Gasteiger partial charge on any atom is 0.253 e. The van der Waals surface area contributed by atoms with Crippen molar-refractivity contribution in [2.75, 3.05) is 25.0 Å². The van der Waals surface area contributed by atoms with Crippen molar-refractivity contribution in [3.8, 4) is 0 Å². The van der Waals surface area contributed by atoms with Crippen molar-refractivity contribution >= 4 is 22.9 Å². The van der Waals surface area contributed by atoms with E-state index in [0.29, 0.717) is 18.7 Å². The molecule has 2 aromatic rings. The van der Waals surface area contributed by atoms with Gasteiger partial charge in [0.1, 0.15) is 0 Å². The average Bonchev–Trinajstić information content (AvgIpc) is 3.05. The van der Waals surface area contributed by atoms with Crippen LogP contribution in [0.25, 0.3) is 0 Å². The molecule has 5 nitrogen and oxygen atoms in total. The molecule has 1 amide bonds. The maximum absolute atomic E-state index is 12.7. The number of benzene rings is 1. The lowest BCUT2D eigenvalue weighted by Crippen LogP contribution is -2.40. The predicted molar refractivity (Wildman–Crippen MR) is 96.3 cm³/mol. The number of aromatic nitrogens is 1. The van der Waals surface area contributed by atoms with Crippen molar-refractivity contribution in [1.29, 1.82) is 0 Å². The van der Waals surface area contributed by atoms with E-state index in [4.69, 9.17) is 0 Å². The molecular weight excluding hydrogens is 322 g/mol. The highest BCUT2D eigenvalue weighted by atomic mass is 32.1. The summed E-state index contributed by atoms with van der Waals surface area (Å²) in [7, 11) is 0. The van der Waals surface area contributed by atoms with E-state index in [9.17, 15) is 9.90 Å². The zero-order valence-electron chi connectivity index (χ0n) is 13.9. The van der Waals surface area contributed by atoms with Crippen molar-refractivity contribution in [1.82, 2.24) is 9.88 Å². The lowest BCUT2D eigenvalue weighted by atomic mass is 9.98. The van der Waals surface area contributed by atoms with Crippen molar-refractivity contribution in [3.05, 3.63) is 45.9 Å². The number of aliphatic hydroxyl groups excluding tert-OH is 1. The van der Waals surface area contributed by atoms with Gasteiger partial charge in [-0.3, -0.25) is 4.79 Å². The first-order valence-corrected chi connectivity index (χ1v) is 9.19. The molecule has 128 valence electrons. The Balaban J connectivity index is 1.64. The van der Waals surface area contributed by atoms with Gasteiger partial charge >= 0.3 is 0 Å². The molecule has 0 radical (unpaired) electrons. The number of anilines is 1. The Labute approximate surface area is 146 Å². The molecule has 0 saturated carbocycles. The van der Waals surface area contributed by atoms with Gasteiger partial charge in [-0.25, -0.2) is 4.98 Å². The van der Waals surface area contributed by atoms with Crippen LogP contribution < -0.4 is 5.32 Å². The topological polar surface area (TPSA) is 65.5 Å². The summed E-state index contributed by atoms with van der Waals surface area (Å²) in [5.74, 6) is 0.248. The van der Waals surface area contributed by atoms with E-state index in [1.807, 2.05) is 41.5 Å². The zero-order chi connectivity index (χ0) is 16.9. The summed E-state index contributed by atoms with van der Waals surface area (Å²) >= 11 is 1.64. The van der Waals surface area contributed by atoms with Crippen LogP contribution in [0.4, 0.5) is 5.69 Å². The molecule has 1 aromatic heterocycles. The summed E-state index contributed by atoms with van der Waals surface area (Å²) in [6, 6.07) is 7.60. The van der Waals surface area contributed by atoms with Gasteiger partial charge < -0.3 is 15.3 Å². The molecule has 6 heteroatoms. The minimum absolute atomic E-state index is 0.0429. The van der Waals surface area contributed by atoms with Crippen LogP contribution in [0.15, 0.2) is 29.6 Å². The van der Waals surface area contributed by atoms with Gasteiger partial charge in [-0.2, -0.15) is 0 Å². The highest BCUT2D eigenvalue weighted by molar-refractivity contribution is 7.09. The molecule has 1 aromatic carbocycles. The van der Waals surface area contributed by atoms with Crippen molar-refractivity contribution < 1.29 is 9.90 Å². The molecular formula is C18H23N3O2S. The number of rotatable bonds is 5. The number of piperidine rings is 1. The number of likely N-dealkylation sites (tertiary alicyclic amines) is 1. The molecule has 0 spiro atoms. The number of hydrogen-bond donors (Lipinski definition) is 2. The number of carbonyl (C=O) groups is 1. The molecule has 1 fully saturated rings. The Morgan fingerprint density at radius 3 is 3.12 bits per heavy atom. The predicted octanol–water partition coefficient (Wildman–Crippen LogP) is 2.91. The molecule has 2 N–H and O–H groups in total. The average molecular weight is 345 g/mol. The standard InChI is InChI=1S/C18H23N3O2S/c1-13-20-17(12-24-13)9-19-16-6-2-5-15(8-16)18(23)21-7-3-4-14(10-21)11-22/h2,5-6,8,12,14,19,22H,3-4,7,9-11H2,1H3. The fourth-order valence-corrected chi connectivity index (χ4v) is 3.64. The first-order chi connectivity index (χ1) is 11.7. The van der Waals surface area contributed by atoms with Gasteiger partial charge in [-0.15, -0.1) is 11.3 Å². The maximum atomic E-state index is 12.7. The van der Waals surface area contributed by atoms with Crippen LogP contribution in [-0.2, 0) is 6.54 Å². The first kappa shape index (κ1) is 16.9. The van der Waals surface area contributed by atoms with E-state index in [2.05, 4.69) is 10.3 Å². The normalized spacial score (nSPS) is 17.8. The molecule has 1 saturated heterocycles. The third-order valence-corrected chi connectivity index (χ3v) is 5.14. The van der Waals surface area contributed by atoms with E-state index in [0.717, 1.165) is 35.8 Å². The van der Waals surface area contributed by atoms with Crippen LogP contribution in [0.1, 0.15) is 33.9 Å². The van der Waals surface area contributed by atoms with Crippen LogP contribution in [0.2, 0.25) is 0 Å². The van der Waals surface area contributed by atoms with Crippen LogP contribution in [0, 0.1) is 12.8 Å². The van der Waals surface area contributed by atoms with E-state index >= 15 is 0 Å². The Bertz CT molecular complexity index is 701. The van der Waals surface area contributed by atoms with Crippen molar-refractivity contribution in [2.45, 2.75) is 26.3 Å². The van der Waals surface area contributed by atoms with Crippen LogP contribution in [0.3, 0.4) is 0 Å². The number of carbonyl (C=O) groups excluding carboxylic acids is 1. The van der Waals surface area contributed by atoms with Gasteiger partial charge in [0.25, 0.3) is 5.91 Å². The zero-order valence-corrected chi connectivity index (χ0v) is 14.7. The fourth-order valence-electron chi connectivity index (χ4n) is 3.03. The van der Waals surface area contributed by atoms with E-state index in [1.54, 1.807) is 11.3 Å². The van der Waals surface area contributed by atoms with Crippen molar-refractivity contribution in [2.24, 2.45) is 5.92 Å². The Morgan fingerprint density at radius 2 is 2.38 bits per heavy atom. The lowest BCUT2D eigenvalue weighted by Gasteiger charge is -2.32. The SMILES string of the molecule is Cc1nc(CNc2cccc(C(=O)N3CCCC(CO)C3)c2)cs1. The Morgan fingerprint density at radius 1 is 1.50 bits per heavy atom. The van der Waals surface area contributed by atoms with E-state index in [-0.39, 0.29) is 18.4 Å². The van der Waals surface area contributed by atoms with Gasteiger partial charge in [0.15, 0.2) is 0 Å². The van der Waals surface area contributed by atoms with E-state index in [1.165, 1.54) is 0 Å². The number of thiazole rings is 1. The third-order valence-electron chi connectivity index (χ3n) is 4.31. The van der Waals surface area contributed by atoms with Gasteiger partial charge in [-0.1, -0.05) is 6.07 Å². The molecule has 1 atom stereocenters. The molecule has 1 unspecified atom stereocenters. The summed E-state index contributed by atoms with van der Waals surface area (Å²) in [5.41, 5.74) is 2.62. The number of aliphatic hydroxyl groups is 1. The molecule has 24 heavy (non-hydrogen) atoms. The summed E-state index contributed by atoms with van der Waals surface area (Å²) in [6.45, 7) is 4.21.